The Hall–Kier alpha value is -3.17. The second kappa shape index (κ2) is 13.2. The Morgan fingerprint density at radius 3 is 2.67 bits per heavy atom. The van der Waals surface area contributed by atoms with Crippen molar-refractivity contribution in [1.82, 2.24) is 4.98 Å². The topological polar surface area (TPSA) is 113 Å². The number of aromatic nitrogens is 1. The molecule has 1 aromatic carbocycles. The van der Waals surface area contributed by atoms with E-state index in [-0.39, 0.29) is 43.2 Å². The average molecular weight is 502 g/mol. The van der Waals surface area contributed by atoms with E-state index in [4.69, 9.17) is 23.7 Å². The molecule has 0 bridgehead atoms. The van der Waals surface area contributed by atoms with Crippen LogP contribution in [0.1, 0.15) is 44.1 Å². The molecule has 1 aromatic heterocycles. The number of ketones is 1. The highest BCUT2D eigenvalue weighted by Gasteiger charge is 2.36. The van der Waals surface area contributed by atoms with Crippen LogP contribution < -0.4 is 9.47 Å². The number of para-hydroxylation sites is 1. The van der Waals surface area contributed by atoms with Gasteiger partial charge < -0.3 is 28.8 Å². The summed E-state index contributed by atoms with van der Waals surface area (Å²) in [5.41, 5.74) is -0.152. The van der Waals surface area contributed by atoms with Gasteiger partial charge in [-0.25, -0.2) is 4.98 Å². The SMILES string of the molecule is COc1ccnc(C(=O)C[C@H]2CCOC[C@H](OCC(C)C)[C@@H](Oc3ccccc3)[C@H](C)OC2=O)c1O. The molecule has 1 fully saturated rings. The van der Waals surface area contributed by atoms with E-state index in [0.717, 1.165) is 0 Å². The van der Waals surface area contributed by atoms with Gasteiger partial charge in [0.2, 0.25) is 0 Å². The van der Waals surface area contributed by atoms with Gasteiger partial charge in [0.15, 0.2) is 29.1 Å². The molecule has 36 heavy (non-hydrogen) atoms. The van der Waals surface area contributed by atoms with E-state index in [1.54, 1.807) is 6.92 Å². The summed E-state index contributed by atoms with van der Waals surface area (Å²) >= 11 is 0. The summed E-state index contributed by atoms with van der Waals surface area (Å²) in [6.07, 6.45) is -0.341. The Bertz CT molecular complexity index is 997. The van der Waals surface area contributed by atoms with Crippen molar-refractivity contribution in [3.63, 3.8) is 0 Å². The molecule has 2 heterocycles. The lowest BCUT2D eigenvalue weighted by Crippen LogP contribution is -2.48. The van der Waals surface area contributed by atoms with E-state index < -0.39 is 36.0 Å². The maximum atomic E-state index is 13.2. The molecule has 0 aliphatic carbocycles. The first-order valence-corrected chi connectivity index (χ1v) is 12.2. The summed E-state index contributed by atoms with van der Waals surface area (Å²) in [6.45, 7) is 6.80. The number of cyclic esters (lactones) is 1. The quantitative estimate of drug-likeness (QED) is 0.404. The predicted molar refractivity (Wildman–Crippen MR) is 131 cm³/mol. The molecular weight excluding hydrogens is 466 g/mol. The number of pyridine rings is 1. The maximum absolute atomic E-state index is 13.2. The van der Waals surface area contributed by atoms with Crippen LogP contribution in [0.3, 0.4) is 0 Å². The molecular formula is C27H35NO8. The van der Waals surface area contributed by atoms with Crippen molar-refractivity contribution in [2.75, 3.05) is 26.9 Å². The molecule has 0 unspecified atom stereocenters. The standard InChI is InChI=1S/C27H35NO8/c1-17(2)15-34-23-16-33-13-11-19(14-21(29)24-25(30)22(32-4)10-12-28-24)27(31)35-18(3)26(23)36-20-8-6-5-7-9-20/h5-10,12,17-19,23,26,30H,11,13-16H2,1-4H3/t18-,19+,23-,26-/m0/s1. The number of ether oxygens (including phenoxy) is 5. The number of aromatic hydroxyl groups is 1. The monoisotopic (exact) mass is 501 g/mol. The average Bonchev–Trinajstić information content (AvgIpc) is 2.86. The van der Waals surface area contributed by atoms with Gasteiger partial charge in [-0.2, -0.15) is 0 Å². The van der Waals surface area contributed by atoms with Gasteiger partial charge in [-0.3, -0.25) is 9.59 Å². The molecule has 0 amide bonds. The van der Waals surface area contributed by atoms with E-state index >= 15 is 0 Å². The number of carbonyl (C=O) groups is 2. The predicted octanol–water partition coefficient (Wildman–Crippen LogP) is 3.83. The second-order valence-corrected chi connectivity index (χ2v) is 9.20. The van der Waals surface area contributed by atoms with Gasteiger partial charge >= 0.3 is 5.97 Å². The van der Waals surface area contributed by atoms with Crippen molar-refractivity contribution in [2.45, 2.75) is 51.9 Å². The molecule has 0 radical (unpaired) electrons. The molecule has 9 heteroatoms. The smallest absolute Gasteiger partial charge is 0.309 e. The summed E-state index contributed by atoms with van der Waals surface area (Å²) in [7, 11) is 1.38. The summed E-state index contributed by atoms with van der Waals surface area (Å²) in [5, 5.41) is 10.3. The van der Waals surface area contributed by atoms with Crippen LogP contribution in [-0.2, 0) is 19.0 Å². The molecule has 1 saturated heterocycles. The first-order chi connectivity index (χ1) is 17.3. The lowest BCUT2D eigenvalue weighted by Gasteiger charge is -2.34. The Balaban J connectivity index is 1.77. The number of nitrogens with zero attached hydrogens (tertiary/aromatic N) is 1. The number of rotatable bonds is 9. The molecule has 3 rings (SSSR count). The molecule has 1 aliphatic rings. The minimum atomic E-state index is -0.780. The molecule has 2 aromatic rings. The summed E-state index contributed by atoms with van der Waals surface area (Å²) < 4.78 is 29.1. The lowest BCUT2D eigenvalue weighted by molar-refractivity contribution is -0.170. The minimum absolute atomic E-state index is 0.132. The van der Waals surface area contributed by atoms with Gasteiger partial charge in [-0.15, -0.1) is 0 Å². The van der Waals surface area contributed by atoms with E-state index in [1.165, 1.54) is 19.4 Å². The molecule has 0 spiro atoms. The van der Waals surface area contributed by atoms with Crippen molar-refractivity contribution in [3.05, 3.63) is 48.3 Å². The first kappa shape index (κ1) is 27.4. The number of benzene rings is 1. The summed E-state index contributed by atoms with van der Waals surface area (Å²) in [4.78, 5) is 30.0. The Labute approximate surface area is 211 Å². The highest BCUT2D eigenvalue weighted by atomic mass is 16.6. The summed E-state index contributed by atoms with van der Waals surface area (Å²) in [5.74, 6) is -1.13. The van der Waals surface area contributed by atoms with Crippen LogP contribution in [0.5, 0.6) is 17.2 Å². The zero-order valence-electron chi connectivity index (χ0n) is 21.2. The molecule has 9 nitrogen and oxygen atoms in total. The second-order valence-electron chi connectivity index (χ2n) is 9.20. The summed E-state index contributed by atoms with van der Waals surface area (Å²) in [6, 6.07) is 10.7. The van der Waals surface area contributed by atoms with Crippen LogP contribution in [0, 0.1) is 11.8 Å². The van der Waals surface area contributed by atoms with E-state index in [1.807, 2.05) is 44.2 Å². The van der Waals surface area contributed by atoms with E-state index in [0.29, 0.717) is 18.3 Å². The van der Waals surface area contributed by atoms with E-state index in [9.17, 15) is 14.7 Å². The molecule has 1 N–H and O–H groups in total. The van der Waals surface area contributed by atoms with Crippen LogP contribution in [0.4, 0.5) is 0 Å². The fourth-order valence-electron chi connectivity index (χ4n) is 3.88. The van der Waals surface area contributed by atoms with Crippen molar-refractivity contribution >= 4 is 11.8 Å². The molecule has 1 aliphatic heterocycles. The highest BCUT2D eigenvalue weighted by Crippen LogP contribution is 2.30. The van der Waals surface area contributed by atoms with Crippen LogP contribution in [0.25, 0.3) is 0 Å². The van der Waals surface area contributed by atoms with Gasteiger partial charge in [0.05, 0.1) is 19.6 Å². The number of methoxy groups -OCH3 is 1. The minimum Gasteiger partial charge on any atom is -0.503 e. The Morgan fingerprint density at radius 1 is 1.22 bits per heavy atom. The van der Waals surface area contributed by atoms with Crippen molar-refractivity contribution < 1.29 is 38.4 Å². The van der Waals surface area contributed by atoms with Crippen LogP contribution in [0.2, 0.25) is 0 Å². The van der Waals surface area contributed by atoms with E-state index in [2.05, 4.69) is 4.98 Å². The van der Waals surface area contributed by atoms with Gasteiger partial charge in [-0.05, 0) is 31.4 Å². The zero-order chi connectivity index (χ0) is 26.1. The molecule has 4 atom stereocenters. The zero-order valence-corrected chi connectivity index (χ0v) is 21.2. The lowest BCUT2D eigenvalue weighted by atomic mass is 9.96. The number of esters is 1. The highest BCUT2D eigenvalue weighted by molar-refractivity contribution is 5.99. The van der Waals surface area contributed by atoms with Crippen molar-refractivity contribution in [2.24, 2.45) is 11.8 Å². The van der Waals surface area contributed by atoms with Crippen LogP contribution in [0.15, 0.2) is 42.6 Å². The maximum Gasteiger partial charge on any atom is 0.309 e. The number of hydrogen-bond acceptors (Lipinski definition) is 9. The number of Topliss-reactive ketones (excluding diaryl/α,β-unsaturated/α-hetero) is 1. The largest absolute Gasteiger partial charge is 0.503 e. The Morgan fingerprint density at radius 2 is 1.97 bits per heavy atom. The van der Waals surface area contributed by atoms with Crippen LogP contribution >= 0.6 is 0 Å². The van der Waals surface area contributed by atoms with Gasteiger partial charge in [-0.1, -0.05) is 32.0 Å². The van der Waals surface area contributed by atoms with Gasteiger partial charge in [0, 0.05) is 31.9 Å². The van der Waals surface area contributed by atoms with Crippen molar-refractivity contribution in [1.29, 1.82) is 0 Å². The fraction of sp³-hybridized carbons (Fsp3) is 0.519. The number of carbonyl (C=O) groups excluding carboxylic acids is 2. The molecule has 0 saturated carbocycles. The molecule has 196 valence electrons. The third kappa shape index (κ3) is 7.41. The third-order valence-electron chi connectivity index (χ3n) is 5.82. The fourth-order valence-corrected chi connectivity index (χ4v) is 3.88. The number of hydrogen-bond donors (Lipinski definition) is 1. The van der Waals surface area contributed by atoms with Gasteiger partial charge in [0.25, 0.3) is 0 Å². The Kier molecular flexibility index (Phi) is 10.1. The van der Waals surface area contributed by atoms with Crippen LogP contribution in [-0.4, -0.2) is 67.1 Å². The first-order valence-electron chi connectivity index (χ1n) is 12.2. The van der Waals surface area contributed by atoms with Gasteiger partial charge in [0.1, 0.15) is 18.0 Å². The normalized spacial score (nSPS) is 23.1. The van der Waals surface area contributed by atoms with Crippen molar-refractivity contribution in [3.8, 4) is 17.2 Å². The third-order valence-corrected chi connectivity index (χ3v) is 5.82.